The number of aromatic nitrogens is 2. The van der Waals surface area contributed by atoms with Crippen molar-refractivity contribution in [2.45, 2.75) is 36.7 Å². The summed E-state index contributed by atoms with van der Waals surface area (Å²) in [6.45, 7) is 3.04. The fraction of sp³-hybridized carbons (Fsp3) is 0.258. The van der Waals surface area contributed by atoms with Gasteiger partial charge in [-0.25, -0.2) is 4.98 Å². The van der Waals surface area contributed by atoms with Gasteiger partial charge in [-0.3, -0.25) is 4.79 Å². The molecule has 0 aliphatic carbocycles. The first kappa shape index (κ1) is 26.4. The van der Waals surface area contributed by atoms with E-state index in [9.17, 15) is 10.1 Å². The first-order chi connectivity index (χ1) is 19.1. The van der Waals surface area contributed by atoms with E-state index in [2.05, 4.69) is 62.6 Å². The Morgan fingerprint density at radius 3 is 2.59 bits per heavy atom. The largest absolute Gasteiger partial charge is 0.497 e. The molecule has 1 aliphatic rings. The number of aromatic amines is 1. The highest BCUT2D eigenvalue weighted by molar-refractivity contribution is 7.98. The molecule has 0 radical (unpaired) electrons. The number of nitrogens with one attached hydrogen (secondary N) is 2. The van der Waals surface area contributed by atoms with Gasteiger partial charge in [-0.1, -0.05) is 48.2 Å². The third kappa shape index (κ3) is 6.62. The molecule has 2 N–H and O–H groups in total. The van der Waals surface area contributed by atoms with Gasteiger partial charge < -0.3 is 19.9 Å². The first-order valence-corrected chi connectivity index (χ1v) is 14.1. The van der Waals surface area contributed by atoms with Crippen molar-refractivity contribution in [1.29, 1.82) is 5.26 Å². The number of methoxy groups -OCH3 is 1. The molecule has 3 aromatic carbocycles. The highest BCUT2D eigenvalue weighted by Gasteiger charge is 2.15. The van der Waals surface area contributed by atoms with E-state index in [0.717, 1.165) is 30.9 Å². The van der Waals surface area contributed by atoms with Crippen LogP contribution in [0, 0.1) is 11.3 Å². The number of ether oxygens (including phenoxy) is 1. The minimum atomic E-state index is -0.449. The smallest absolute Gasteiger partial charge is 0.270 e. The second-order valence-electron chi connectivity index (χ2n) is 9.50. The predicted octanol–water partition coefficient (Wildman–Crippen LogP) is 6.21. The van der Waals surface area contributed by atoms with Crippen LogP contribution in [-0.2, 0) is 12.3 Å². The van der Waals surface area contributed by atoms with Crippen molar-refractivity contribution in [2.24, 2.45) is 0 Å². The van der Waals surface area contributed by atoms with Gasteiger partial charge in [0.25, 0.3) is 5.56 Å². The van der Waals surface area contributed by atoms with Crippen LogP contribution in [0.2, 0.25) is 0 Å². The van der Waals surface area contributed by atoms with E-state index >= 15 is 0 Å². The minimum absolute atomic E-state index is 0.0113. The Balaban J connectivity index is 1.23. The highest BCUT2D eigenvalue weighted by atomic mass is 32.2. The minimum Gasteiger partial charge on any atom is -0.497 e. The SMILES string of the molecule is COc1cccc(-c2nc(SCc3cccc(NCc4ccc(N5CCCCC5)cc4)c3)[nH]c(=O)c2C#N)c1. The van der Waals surface area contributed by atoms with Gasteiger partial charge in [-0.05, 0) is 66.8 Å². The fourth-order valence-corrected chi connectivity index (χ4v) is 5.51. The monoisotopic (exact) mass is 537 g/mol. The zero-order valence-corrected chi connectivity index (χ0v) is 22.8. The standard InChI is InChI=1S/C31H31N5O2S/c1-38-27-10-6-8-24(18-27)29-28(19-32)30(37)35-31(34-29)39-21-23-7-5-9-25(17-23)33-20-22-11-13-26(14-12-22)36-15-3-2-4-16-36/h5-14,17-18,33H,2-4,15-16,20-21H2,1H3,(H,34,35,37). The van der Waals surface area contributed by atoms with E-state index in [0.29, 0.717) is 27.9 Å². The number of nitrogens with zero attached hydrogens (tertiary/aromatic N) is 3. The van der Waals surface area contributed by atoms with Crippen molar-refractivity contribution >= 4 is 23.1 Å². The molecule has 0 bridgehead atoms. The molecule has 1 saturated heterocycles. The number of hydrogen-bond donors (Lipinski definition) is 2. The Kier molecular flexibility index (Phi) is 8.49. The van der Waals surface area contributed by atoms with Gasteiger partial charge in [0, 0.05) is 42.3 Å². The number of rotatable bonds is 9. The van der Waals surface area contributed by atoms with Crippen molar-refractivity contribution in [2.75, 3.05) is 30.4 Å². The fourth-order valence-electron chi connectivity index (χ4n) is 4.71. The molecule has 0 atom stereocenters. The van der Waals surface area contributed by atoms with Gasteiger partial charge in [0.2, 0.25) is 0 Å². The molecule has 5 rings (SSSR count). The molecule has 0 spiro atoms. The van der Waals surface area contributed by atoms with E-state index < -0.39 is 5.56 Å². The zero-order valence-electron chi connectivity index (χ0n) is 21.9. The Hall–Kier alpha value is -4.22. The molecule has 1 aromatic heterocycles. The summed E-state index contributed by atoms with van der Waals surface area (Å²) in [4.78, 5) is 22.5. The van der Waals surface area contributed by atoms with E-state index in [1.807, 2.05) is 30.3 Å². The summed E-state index contributed by atoms with van der Waals surface area (Å²) in [5.41, 5.74) is 5.23. The Morgan fingerprint density at radius 1 is 1.03 bits per heavy atom. The Bertz CT molecular complexity index is 1520. The van der Waals surface area contributed by atoms with Crippen LogP contribution in [0.25, 0.3) is 11.3 Å². The lowest BCUT2D eigenvalue weighted by molar-refractivity contribution is 0.415. The van der Waals surface area contributed by atoms with Crippen LogP contribution in [-0.4, -0.2) is 30.2 Å². The summed E-state index contributed by atoms with van der Waals surface area (Å²) in [6.07, 6.45) is 3.89. The summed E-state index contributed by atoms with van der Waals surface area (Å²) in [5, 5.41) is 13.5. The maximum Gasteiger partial charge on any atom is 0.270 e. The molecule has 2 heterocycles. The van der Waals surface area contributed by atoms with E-state index in [1.165, 1.54) is 42.3 Å². The molecular weight excluding hydrogens is 506 g/mol. The highest BCUT2D eigenvalue weighted by Crippen LogP contribution is 2.27. The Labute approximate surface area is 232 Å². The number of hydrogen-bond acceptors (Lipinski definition) is 7. The molecule has 0 amide bonds. The van der Waals surface area contributed by atoms with Gasteiger partial charge in [0.05, 0.1) is 12.8 Å². The lowest BCUT2D eigenvalue weighted by atomic mass is 10.1. The second kappa shape index (κ2) is 12.5. The number of benzene rings is 3. The summed E-state index contributed by atoms with van der Waals surface area (Å²) in [6, 6.07) is 26.3. The molecule has 39 heavy (non-hydrogen) atoms. The summed E-state index contributed by atoms with van der Waals surface area (Å²) in [7, 11) is 1.58. The van der Waals surface area contributed by atoms with Crippen LogP contribution in [0.4, 0.5) is 11.4 Å². The summed E-state index contributed by atoms with van der Waals surface area (Å²) >= 11 is 1.42. The van der Waals surface area contributed by atoms with Crippen LogP contribution in [0.15, 0.2) is 82.7 Å². The van der Waals surface area contributed by atoms with Crippen molar-refractivity contribution in [3.63, 3.8) is 0 Å². The maximum absolute atomic E-state index is 12.6. The molecule has 1 fully saturated rings. The van der Waals surface area contributed by atoms with Crippen molar-refractivity contribution in [3.8, 4) is 23.1 Å². The van der Waals surface area contributed by atoms with Crippen molar-refractivity contribution in [3.05, 3.63) is 99.8 Å². The Morgan fingerprint density at radius 2 is 1.82 bits per heavy atom. The second-order valence-corrected chi connectivity index (χ2v) is 10.5. The molecule has 8 heteroatoms. The number of anilines is 2. The van der Waals surface area contributed by atoms with E-state index in [4.69, 9.17) is 4.74 Å². The van der Waals surface area contributed by atoms with Crippen LogP contribution in [0.1, 0.15) is 36.0 Å². The maximum atomic E-state index is 12.6. The van der Waals surface area contributed by atoms with Gasteiger partial charge in [-0.15, -0.1) is 0 Å². The van der Waals surface area contributed by atoms with Crippen LogP contribution in [0.3, 0.4) is 0 Å². The molecule has 0 saturated carbocycles. The topological polar surface area (TPSA) is 94.0 Å². The number of piperidine rings is 1. The summed E-state index contributed by atoms with van der Waals surface area (Å²) < 4.78 is 5.30. The van der Waals surface area contributed by atoms with Crippen LogP contribution < -0.4 is 20.5 Å². The van der Waals surface area contributed by atoms with Gasteiger partial charge in [0.1, 0.15) is 17.4 Å². The number of thioether (sulfide) groups is 1. The average molecular weight is 538 g/mol. The van der Waals surface area contributed by atoms with Gasteiger partial charge in [-0.2, -0.15) is 5.26 Å². The molecular formula is C31H31N5O2S. The lowest BCUT2D eigenvalue weighted by Crippen LogP contribution is -2.29. The quantitative estimate of drug-likeness (QED) is 0.194. The molecule has 0 unspecified atom stereocenters. The van der Waals surface area contributed by atoms with Gasteiger partial charge >= 0.3 is 0 Å². The summed E-state index contributed by atoms with van der Waals surface area (Å²) in [5.74, 6) is 1.25. The zero-order chi connectivity index (χ0) is 27.0. The molecule has 198 valence electrons. The number of nitriles is 1. The van der Waals surface area contributed by atoms with Gasteiger partial charge in [0.15, 0.2) is 5.16 Å². The van der Waals surface area contributed by atoms with Crippen LogP contribution >= 0.6 is 11.8 Å². The molecule has 7 nitrogen and oxygen atoms in total. The van der Waals surface area contributed by atoms with Crippen LogP contribution in [0.5, 0.6) is 5.75 Å². The van der Waals surface area contributed by atoms with E-state index in [-0.39, 0.29) is 5.56 Å². The third-order valence-electron chi connectivity index (χ3n) is 6.81. The van der Waals surface area contributed by atoms with Crippen molar-refractivity contribution < 1.29 is 4.74 Å². The normalized spacial score (nSPS) is 13.1. The third-order valence-corrected chi connectivity index (χ3v) is 7.75. The first-order valence-electron chi connectivity index (χ1n) is 13.1. The molecule has 1 aliphatic heterocycles. The average Bonchev–Trinajstić information content (AvgIpc) is 2.99. The number of H-pyrrole nitrogens is 1. The molecule has 4 aromatic rings. The van der Waals surface area contributed by atoms with Crippen molar-refractivity contribution in [1.82, 2.24) is 9.97 Å². The lowest BCUT2D eigenvalue weighted by Gasteiger charge is -2.28. The predicted molar refractivity (Wildman–Crippen MR) is 157 cm³/mol. The van der Waals surface area contributed by atoms with E-state index in [1.54, 1.807) is 13.2 Å².